The fourth-order valence-corrected chi connectivity index (χ4v) is 9.12. The van der Waals surface area contributed by atoms with Gasteiger partial charge in [0.15, 0.2) is 0 Å². The van der Waals surface area contributed by atoms with Gasteiger partial charge in [-0.2, -0.15) is 0 Å². The van der Waals surface area contributed by atoms with Crippen LogP contribution in [0.3, 0.4) is 0 Å². The third-order valence-electron chi connectivity index (χ3n) is 12.1. The summed E-state index contributed by atoms with van der Waals surface area (Å²) in [5, 5.41) is 7.54. The molecule has 0 bridgehead atoms. The first kappa shape index (κ1) is 36.1. The SMILES string of the molecule is c1ccc(-c2ccc(N(c3ccc(-c4ccc5ccccc5c4-c4ccccc4)cc3)c3ccc(-c4cc5ccccc5c5ccccc45)cc3)c(-c3ccccc3)c2)cc1. The number of anilines is 3. The molecule has 0 aromatic heterocycles. The maximum Gasteiger partial charge on any atom is 0.0540 e. The van der Waals surface area contributed by atoms with Gasteiger partial charge >= 0.3 is 0 Å². The predicted molar refractivity (Wildman–Crippen MR) is 261 cm³/mol. The van der Waals surface area contributed by atoms with Gasteiger partial charge in [-0.1, -0.05) is 206 Å². The first-order valence-electron chi connectivity index (χ1n) is 21.0. The van der Waals surface area contributed by atoms with Crippen molar-refractivity contribution in [3.8, 4) is 55.6 Å². The largest absolute Gasteiger partial charge is 0.310 e. The summed E-state index contributed by atoms with van der Waals surface area (Å²) in [5.74, 6) is 0. The van der Waals surface area contributed by atoms with E-state index in [1.165, 1.54) is 82.4 Å². The van der Waals surface area contributed by atoms with E-state index in [1.807, 2.05) is 0 Å². The number of fused-ring (bicyclic) bond motifs is 4. The molecule has 0 amide bonds. The van der Waals surface area contributed by atoms with Crippen LogP contribution in [-0.2, 0) is 0 Å². The lowest BCUT2D eigenvalue weighted by molar-refractivity contribution is 1.28. The van der Waals surface area contributed by atoms with Crippen molar-refractivity contribution in [1.82, 2.24) is 0 Å². The van der Waals surface area contributed by atoms with Crippen molar-refractivity contribution in [2.75, 3.05) is 4.90 Å². The van der Waals surface area contributed by atoms with Gasteiger partial charge in [-0.15, -0.1) is 0 Å². The molecule has 1 nitrogen and oxygen atoms in total. The fraction of sp³-hybridized carbons (Fsp3) is 0. The first-order valence-corrected chi connectivity index (χ1v) is 21.0. The molecular weight excluding hydrogens is 735 g/mol. The summed E-state index contributed by atoms with van der Waals surface area (Å²) in [6.45, 7) is 0. The van der Waals surface area contributed by atoms with Crippen LogP contribution in [0.5, 0.6) is 0 Å². The zero-order valence-corrected chi connectivity index (χ0v) is 33.6. The molecule has 0 heterocycles. The second kappa shape index (κ2) is 15.6. The van der Waals surface area contributed by atoms with E-state index in [0.717, 1.165) is 22.6 Å². The van der Waals surface area contributed by atoms with E-state index in [1.54, 1.807) is 0 Å². The van der Waals surface area contributed by atoms with Crippen molar-refractivity contribution in [3.05, 3.63) is 249 Å². The summed E-state index contributed by atoms with van der Waals surface area (Å²) in [7, 11) is 0. The predicted octanol–water partition coefficient (Wildman–Crippen LogP) is 17.0. The molecule has 61 heavy (non-hydrogen) atoms. The lowest BCUT2D eigenvalue weighted by Crippen LogP contribution is -2.11. The van der Waals surface area contributed by atoms with Gasteiger partial charge < -0.3 is 4.90 Å². The zero-order valence-electron chi connectivity index (χ0n) is 33.6. The third-order valence-corrected chi connectivity index (χ3v) is 12.1. The van der Waals surface area contributed by atoms with Gasteiger partial charge in [0, 0.05) is 16.9 Å². The highest BCUT2D eigenvalue weighted by Crippen LogP contribution is 2.45. The van der Waals surface area contributed by atoms with Crippen molar-refractivity contribution in [2.24, 2.45) is 0 Å². The Bertz CT molecular complexity index is 3320. The molecule has 0 fully saturated rings. The standard InChI is InChI=1S/C60H41N/c1-4-16-42(17-5-1)48-33-39-59(58(40-48)43-18-6-2-7-19-43)61(51-36-30-46(31-37-51)57-41-49-23-11-12-24-52(49)55-26-14-15-27-56(55)57)50-34-28-45(29-35-50)54-38-32-44-20-10-13-25-53(44)60(54)47-21-8-3-9-22-47/h1-41H. The second-order valence-corrected chi connectivity index (χ2v) is 15.7. The molecule has 0 spiro atoms. The first-order chi connectivity index (χ1) is 30.3. The van der Waals surface area contributed by atoms with Crippen molar-refractivity contribution in [2.45, 2.75) is 0 Å². The van der Waals surface area contributed by atoms with E-state index in [0.29, 0.717) is 0 Å². The van der Waals surface area contributed by atoms with Crippen LogP contribution in [0, 0.1) is 0 Å². The molecule has 0 aliphatic heterocycles. The van der Waals surface area contributed by atoms with Gasteiger partial charge in [0.2, 0.25) is 0 Å². The Hall–Kier alpha value is -8.00. The molecule has 0 saturated heterocycles. The van der Waals surface area contributed by atoms with E-state index >= 15 is 0 Å². The van der Waals surface area contributed by atoms with Gasteiger partial charge in [-0.25, -0.2) is 0 Å². The molecule has 11 aromatic carbocycles. The number of hydrogen-bond acceptors (Lipinski definition) is 1. The summed E-state index contributed by atoms with van der Waals surface area (Å²) in [5.41, 5.74) is 15.3. The van der Waals surface area contributed by atoms with Gasteiger partial charge in [0.1, 0.15) is 0 Å². The Morgan fingerprint density at radius 3 is 1.36 bits per heavy atom. The smallest absolute Gasteiger partial charge is 0.0540 e. The molecule has 0 N–H and O–H groups in total. The molecule has 11 aromatic rings. The molecule has 0 aliphatic rings. The van der Waals surface area contributed by atoms with E-state index in [2.05, 4.69) is 254 Å². The maximum atomic E-state index is 2.42. The normalized spacial score (nSPS) is 11.3. The van der Waals surface area contributed by atoms with Crippen LogP contribution >= 0.6 is 0 Å². The zero-order chi connectivity index (χ0) is 40.5. The van der Waals surface area contributed by atoms with E-state index < -0.39 is 0 Å². The van der Waals surface area contributed by atoms with E-state index in [9.17, 15) is 0 Å². The van der Waals surface area contributed by atoms with Gasteiger partial charge in [-0.05, 0) is 125 Å². The Kier molecular flexibility index (Phi) is 9.26. The minimum absolute atomic E-state index is 1.08. The average Bonchev–Trinajstić information content (AvgIpc) is 3.35. The van der Waals surface area contributed by atoms with E-state index in [-0.39, 0.29) is 0 Å². The molecule has 0 saturated carbocycles. The van der Waals surface area contributed by atoms with Crippen molar-refractivity contribution in [3.63, 3.8) is 0 Å². The summed E-state index contributed by atoms with van der Waals surface area (Å²) < 4.78 is 0. The molecule has 11 rings (SSSR count). The summed E-state index contributed by atoms with van der Waals surface area (Å²) in [6.07, 6.45) is 0. The quantitative estimate of drug-likeness (QED) is 0.139. The summed E-state index contributed by atoms with van der Waals surface area (Å²) in [4.78, 5) is 2.42. The van der Waals surface area contributed by atoms with Crippen LogP contribution in [0.25, 0.3) is 88.0 Å². The van der Waals surface area contributed by atoms with Crippen LogP contribution in [0.1, 0.15) is 0 Å². The topological polar surface area (TPSA) is 3.24 Å². The average molecular weight is 776 g/mol. The van der Waals surface area contributed by atoms with Crippen molar-refractivity contribution in [1.29, 1.82) is 0 Å². The number of nitrogens with zero attached hydrogens (tertiary/aromatic N) is 1. The van der Waals surface area contributed by atoms with Gasteiger partial charge in [0.25, 0.3) is 0 Å². The van der Waals surface area contributed by atoms with Crippen molar-refractivity contribution >= 4 is 49.4 Å². The fourth-order valence-electron chi connectivity index (χ4n) is 9.12. The molecule has 1 heteroatoms. The molecule has 0 radical (unpaired) electrons. The van der Waals surface area contributed by atoms with Crippen LogP contribution in [0.4, 0.5) is 17.1 Å². The van der Waals surface area contributed by atoms with Gasteiger partial charge in [0.05, 0.1) is 5.69 Å². The molecule has 0 atom stereocenters. The number of benzene rings is 11. The maximum absolute atomic E-state index is 2.42. The monoisotopic (exact) mass is 775 g/mol. The van der Waals surface area contributed by atoms with Gasteiger partial charge in [-0.3, -0.25) is 0 Å². The van der Waals surface area contributed by atoms with Crippen LogP contribution in [0.15, 0.2) is 249 Å². The summed E-state index contributed by atoms with van der Waals surface area (Å²) >= 11 is 0. The second-order valence-electron chi connectivity index (χ2n) is 15.7. The number of hydrogen-bond donors (Lipinski definition) is 0. The van der Waals surface area contributed by atoms with E-state index in [4.69, 9.17) is 0 Å². The third kappa shape index (κ3) is 6.73. The van der Waals surface area contributed by atoms with Crippen molar-refractivity contribution < 1.29 is 0 Å². The lowest BCUT2D eigenvalue weighted by atomic mass is 9.89. The Balaban J connectivity index is 1.08. The highest BCUT2D eigenvalue weighted by molar-refractivity contribution is 6.14. The highest BCUT2D eigenvalue weighted by Gasteiger charge is 2.20. The molecule has 0 unspecified atom stereocenters. The molecule has 286 valence electrons. The number of rotatable bonds is 8. The highest BCUT2D eigenvalue weighted by atomic mass is 15.1. The molecular formula is C60H41N. The van der Waals surface area contributed by atoms with Crippen LogP contribution < -0.4 is 4.90 Å². The molecule has 0 aliphatic carbocycles. The Labute approximate surface area is 357 Å². The minimum atomic E-state index is 1.08. The Morgan fingerprint density at radius 2 is 0.705 bits per heavy atom. The minimum Gasteiger partial charge on any atom is -0.310 e. The Morgan fingerprint density at radius 1 is 0.230 bits per heavy atom. The van der Waals surface area contributed by atoms with Crippen LogP contribution in [0.2, 0.25) is 0 Å². The lowest BCUT2D eigenvalue weighted by Gasteiger charge is -2.29. The summed E-state index contributed by atoms with van der Waals surface area (Å²) in [6, 6.07) is 90.4. The van der Waals surface area contributed by atoms with Crippen LogP contribution in [-0.4, -0.2) is 0 Å².